The number of benzene rings is 2. The molecular weight excluding hydrogens is 252 g/mol. The Bertz CT molecular complexity index is 920. The van der Waals surface area contributed by atoms with Gasteiger partial charge in [-0.05, 0) is 43.2 Å². The lowest BCUT2D eigenvalue weighted by Crippen LogP contribution is -2.34. The molecule has 0 saturated heterocycles. The van der Waals surface area contributed by atoms with Crippen LogP contribution < -0.4 is 11.2 Å². The monoisotopic (exact) mass is 266 g/mol. The van der Waals surface area contributed by atoms with E-state index in [1.165, 1.54) is 4.57 Å². The van der Waals surface area contributed by atoms with Crippen LogP contribution in [0.3, 0.4) is 0 Å². The number of para-hydroxylation sites is 1. The van der Waals surface area contributed by atoms with Crippen LogP contribution in [0, 0.1) is 13.8 Å². The van der Waals surface area contributed by atoms with Crippen molar-refractivity contribution in [1.29, 1.82) is 0 Å². The molecule has 0 fully saturated rings. The molecule has 2 aromatic carbocycles. The number of rotatable bonds is 1. The van der Waals surface area contributed by atoms with Gasteiger partial charge in [0.15, 0.2) is 0 Å². The zero-order valence-electron chi connectivity index (χ0n) is 11.3. The molecular formula is C16H14N2O2. The van der Waals surface area contributed by atoms with Gasteiger partial charge in [0.25, 0.3) is 5.56 Å². The molecule has 0 amide bonds. The molecule has 3 rings (SSSR count). The fraction of sp³-hybridized carbons (Fsp3) is 0.125. The summed E-state index contributed by atoms with van der Waals surface area (Å²) in [4.78, 5) is 27.5. The summed E-state index contributed by atoms with van der Waals surface area (Å²) in [7, 11) is 0. The molecule has 4 nitrogen and oxygen atoms in total. The van der Waals surface area contributed by atoms with Crippen LogP contribution >= 0.6 is 0 Å². The molecule has 3 aromatic rings. The Kier molecular flexibility index (Phi) is 2.79. The molecule has 0 bridgehead atoms. The Morgan fingerprint density at radius 3 is 2.55 bits per heavy atom. The molecule has 0 aliphatic rings. The Labute approximate surface area is 115 Å². The van der Waals surface area contributed by atoms with E-state index in [4.69, 9.17) is 0 Å². The fourth-order valence-electron chi connectivity index (χ4n) is 2.34. The van der Waals surface area contributed by atoms with Crippen LogP contribution in [0.1, 0.15) is 11.1 Å². The summed E-state index contributed by atoms with van der Waals surface area (Å²) in [6.07, 6.45) is 0. The number of fused-ring (bicyclic) bond motifs is 1. The number of aryl methyl sites for hydroxylation is 2. The SMILES string of the molecule is Cc1ccc(C)c(-n2c(=O)[nH]c3ccccc3c2=O)c1. The average Bonchev–Trinajstić information content (AvgIpc) is 2.42. The first kappa shape index (κ1) is 12.4. The van der Waals surface area contributed by atoms with Gasteiger partial charge in [-0.2, -0.15) is 0 Å². The maximum Gasteiger partial charge on any atom is 0.333 e. The molecule has 1 aromatic heterocycles. The average molecular weight is 266 g/mol. The predicted molar refractivity (Wildman–Crippen MR) is 79.6 cm³/mol. The summed E-state index contributed by atoms with van der Waals surface area (Å²) < 4.78 is 1.20. The molecule has 0 aliphatic heterocycles. The molecule has 0 aliphatic carbocycles. The smallest absolute Gasteiger partial charge is 0.306 e. The lowest BCUT2D eigenvalue weighted by molar-refractivity contribution is 0.892. The number of hydrogen-bond donors (Lipinski definition) is 1. The van der Waals surface area contributed by atoms with E-state index >= 15 is 0 Å². The van der Waals surface area contributed by atoms with E-state index in [1.807, 2.05) is 32.0 Å². The zero-order chi connectivity index (χ0) is 14.3. The predicted octanol–water partition coefficient (Wildman–Crippen LogP) is 2.30. The van der Waals surface area contributed by atoms with Crippen LogP contribution in [0.15, 0.2) is 52.1 Å². The van der Waals surface area contributed by atoms with Crippen LogP contribution in [0.4, 0.5) is 0 Å². The number of aromatic nitrogens is 2. The van der Waals surface area contributed by atoms with E-state index in [0.29, 0.717) is 16.6 Å². The zero-order valence-corrected chi connectivity index (χ0v) is 11.3. The Morgan fingerprint density at radius 2 is 1.75 bits per heavy atom. The highest BCUT2D eigenvalue weighted by Crippen LogP contribution is 2.13. The minimum atomic E-state index is -0.414. The highest BCUT2D eigenvalue weighted by molar-refractivity contribution is 5.77. The maximum atomic E-state index is 12.6. The summed E-state index contributed by atoms with van der Waals surface area (Å²) in [6, 6.07) is 12.7. The number of nitrogens with zero attached hydrogens (tertiary/aromatic N) is 1. The lowest BCUT2D eigenvalue weighted by Gasteiger charge is -2.10. The van der Waals surface area contributed by atoms with Crippen LogP contribution in [0.25, 0.3) is 16.6 Å². The minimum Gasteiger partial charge on any atom is -0.306 e. The Hall–Kier alpha value is -2.62. The molecule has 0 atom stereocenters. The highest BCUT2D eigenvalue weighted by atomic mass is 16.2. The first-order chi connectivity index (χ1) is 9.58. The molecule has 4 heteroatoms. The third kappa shape index (κ3) is 1.86. The summed E-state index contributed by atoms with van der Waals surface area (Å²) >= 11 is 0. The van der Waals surface area contributed by atoms with Crippen LogP contribution in [-0.2, 0) is 0 Å². The van der Waals surface area contributed by atoms with Crippen molar-refractivity contribution in [3.63, 3.8) is 0 Å². The molecule has 100 valence electrons. The van der Waals surface area contributed by atoms with E-state index in [2.05, 4.69) is 4.98 Å². The highest BCUT2D eigenvalue weighted by Gasteiger charge is 2.11. The van der Waals surface area contributed by atoms with Crippen molar-refractivity contribution in [2.75, 3.05) is 0 Å². The normalized spacial score (nSPS) is 10.9. The van der Waals surface area contributed by atoms with Gasteiger partial charge < -0.3 is 4.98 Å². The summed E-state index contributed by atoms with van der Waals surface area (Å²) in [6.45, 7) is 3.82. The first-order valence-electron chi connectivity index (χ1n) is 6.39. The first-order valence-corrected chi connectivity index (χ1v) is 6.39. The molecule has 1 heterocycles. The number of nitrogens with one attached hydrogen (secondary N) is 1. The molecule has 1 N–H and O–H groups in total. The van der Waals surface area contributed by atoms with Gasteiger partial charge in [-0.15, -0.1) is 0 Å². The van der Waals surface area contributed by atoms with Gasteiger partial charge >= 0.3 is 5.69 Å². The minimum absolute atomic E-state index is 0.293. The lowest BCUT2D eigenvalue weighted by atomic mass is 10.1. The van der Waals surface area contributed by atoms with Crippen LogP contribution in [-0.4, -0.2) is 9.55 Å². The quantitative estimate of drug-likeness (QED) is 0.734. The topological polar surface area (TPSA) is 54.9 Å². The van der Waals surface area contributed by atoms with E-state index in [9.17, 15) is 9.59 Å². The second-order valence-electron chi connectivity index (χ2n) is 4.91. The van der Waals surface area contributed by atoms with Crippen molar-refractivity contribution >= 4 is 10.9 Å². The standard InChI is InChI=1S/C16H14N2O2/c1-10-7-8-11(2)14(9-10)18-15(19)12-5-3-4-6-13(12)17-16(18)20/h3-9H,1-2H3,(H,17,20). The second kappa shape index (κ2) is 4.49. The van der Waals surface area contributed by atoms with Crippen LogP contribution in [0.2, 0.25) is 0 Å². The Balaban J connectivity index is 2.46. The maximum absolute atomic E-state index is 12.6. The van der Waals surface area contributed by atoms with E-state index in [-0.39, 0.29) is 5.56 Å². The molecule has 0 unspecified atom stereocenters. The summed E-state index contributed by atoms with van der Waals surface area (Å²) in [5, 5.41) is 0.507. The Morgan fingerprint density at radius 1 is 1.00 bits per heavy atom. The van der Waals surface area contributed by atoms with E-state index < -0.39 is 5.69 Å². The molecule has 0 radical (unpaired) electrons. The van der Waals surface area contributed by atoms with Crippen LogP contribution in [0.5, 0.6) is 0 Å². The third-order valence-electron chi connectivity index (χ3n) is 3.41. The van der Waals surface area contributed by atoms with Gasteiger partial charge in [-0.25, -0.2) is 9.36 Å². The number of hydrogen-bond acceptors (Lipinski definition) is 2. The van der Waals surface area contributed by atoms with Gasteiger partial charge in [-0.3, -0.25) is 4.79 Å². The number of H-pyrrole nitrogens is 1. The second-order valence-corrected chi connectivity index (χ2v) is 4.91. The van der Waals surface area contributed by atoms with Gasteiger partial charge in [0.2, 0.25) is 0 Å². The van der Waals surface area contributed by atoms with E-state index in [0.717, 1.165) is 11.1 Å². The van der Waals surface area contributed by atoms with Crippen molar-refractivity contribution < 1.29 is 0 Å². The largest absolute Gasteiger partial charge is 0.333 e. The molecule has 20 heavy (non-hydrogen) atoms. The summed E-state index contributed by atoms with van der Waals surface area (Å²) in [5.41, 5.74) is 2.37. The van der Waals surface area contributed by atoms with Gasteiger partial charge in [0.1, 0.15) is 0 Å². The van der Waals surface area contributed by atoms with E-state index in [1.54, 1.807) is 24.3 Å². The van der Waals surface area contributed by atoms with Gasteiger partial charge in [0.05, 0.1) is 16.6 Å². The van der Waals surface area contributed by atoms with Crippen molar-refractivity contribution in [3.8, 4) is 5.69 Å². The van der Waals surface area contributed by atoms with Gasteiger partial charge in [0, 0.05) is 0 Å². The fourth-order valence-corrected chi connectivity index (χ4v) is 2.34. The third-order valence-corrected chi connectivity index (χ3v) is 3.41. The van der Waals surface area contributed by atoms with Crippen molar-refractivity contribution in [2.45, 2.75) is 13.8 Å². The molecule has 0 spiro atoms. The van der Waals surface area contributed by atoms with Crippen molar-refractivity contribution in [2.24, 2.45) is 0 Å². The van der Waals surface area contributed by atoms with Crippen molar-refractivity contribution in [1.82, 2.24) is 9.55 Å². The molecule has 0 saturated carbocycles. The van der Waals surface area contributed by atoms with Gasteiger partial charge in [-0.1, -0.05) is 24.3 Å². The van der Waals surface area contributed by atoms with Crippen molar-refractivity contribution in [3.05, 3.63) is 74.4 Å². The number of aromatic amines is 1. The summed E-state index contributed by atoms with van der Waals surface area (Å²) in [5.74, 6) is 0.